The quantitative estimate of drug-likeness (QED) is 0.853. The molecule has 0 bridgehead atoms. The first-order valence-corrected chi connectivity index (χ1v) is 5.35. The van der Waals surface area contributed by atoms with E-state index in [2.05, 4.69) is 10.3 Å². The Kier molecular flexibility index (Phi) is 3.23. The summed E-state index contributed by atoms with van der Waals surface area (Å²) in [4.78, 5) is 15.7. The van der Waals surface area contributed by atoms with Crippen LogP contribution in [0.15, 0.2) is 36.5 Å². The molecule has 18 heavy (non-hydrogen) atoms. The van der Waals surface area contributed by atoms with Gasteiger partial charge in [-0.05, 0) is 36.8 Å². The average Bonchev–Trinajstić information content (AvgIpc) is 2.32. The van der Waals surface area contributed by atoms with Crippen LogP contribution in [0.2, 0.25) is 0 Å². The molecule has 0 aliphatic heterocycles. The molecule has 5 heteroatoms. The zero-order chi connectivity index (χ0) is 13.1. The first kappa shape index (κ1) is 12.0. The van der Waals surface area contributed by atoms with E-state index in [4.69, 9.17) is 5.73 Å². The Balaban J connectivity index is 2.21. The van der Waals surface area contributed by atoms with Crippen LogP contribution in [0.5, 0.6) is 0 Å². The normalized spacial score (nSPS) is 10.1. The van der Waals surface area contributed by atoms with E-state index < -0.39 is 11.7 Å². The maximum absolute atomic E-state index is 13.5. The maximum atomic E-state index is 13.5. The lowest BCUT2D eigenvalue weighted by atomic mass is 10.2. The zero-order valence-corrected chi connectivity index (χ0v) is 9.77. The molecule has 0 radical (unpaired) electrons. The third-order valence-electron chi connectivity index (χ3n) is 2.39. The molecule has 0 spiro atoms. The smallest absolute Gasteiger partial charge is 0.274 e. The van der Waals surface area contributed by atoms with Gasteiger partial charge in [0.05, 0.1) is 5.69 Å². The van der Waals surface area contributed by atoms with Crippen molar-refractivity contribution in [2.24, 2.45) is 0 Å². The zero-order valence-electron chi connectivity index (χ0n) is 9.77. The van der Waals surface area contributed by atoms with Gasteiger partial charge in [-0.15, -0.1) is 0 Å². The van der Waals surface area contributed by atoms with Gasteiger partial charge in [0.1, 0.15) is 11.5 Å². The van der Waals surface area contributed by atoms with Gasteiger partial charge in [-0.1, -0.05) is 6.07 Å². The molecule has 0 unspecified atom stereocenters. The highest BCUT2D eigenvalue weighted by Crippen LogP contribution is 2.16. The van der Waals surface area contributed by atoms with Crippen molar-refractivity contribution in [3.05, 3.63) is 53.6 Å². The van der Waals surface area contributed by atoms with Crippen molar-refractivity contribution in [2.75, 3.05) is 11.1 Å². The fraction of sp³-hybridized carbons (Fsp3) is 0.0769. The lowest BCUT2D eigenvalue weighted by Crippen LogP contribution is -2.14. The van der Waals surface area contributed by atoms with Crippen LogP contribution in [-0.4, -0.2) is 10.9 Å². The van der Waals surface area contributed by atoms with Crippen LogP contribution in [0.3, 0.4) is 0 Å². The number of benzene rings is 1. The average molecular weight is 245 g/mol. The van der Waals surface area contributed by atoms with Crippen molar-refractivity contribution in [1.29, 1.82) is 0 Å². The molecule has 1 aromatic heterocycles. The molecule has 3 N–H and O–H groups in total. The minimum Gasteiger partial charge on any atom is -0.399 e. The molecule has 1 heterocycles. The molecule has 0 fully saturated rings. The van der Waals surface area contributed by atoms with E-state index in [-0.39, 0.29) is 11.4 Å². The molecule has 2 aromatic rings. The van der Waals surface area contributed by atoms with Gasteiger partial charge in [0.2, 0.25) is 0 Å². The second-order valence-electron chi connectivity index (χ2n) is 3.91. The molecule has 2 rings (SSSR count). The van der Waals surface area contributed by atoms with Crippen LogP contribution in [-0.2, 0) is 0 Å². The van der Waals surface area contributed by atoms with E-state index >= 15 is 0 Å². The highest BCUT2D eigenvalue weighted by atomic mass is 19.1. The number of carbonyl (C=O) groups excluding carboxylic acids is 1. The van der Waals surface area contributed by atoms with Crippen LogP contribution in [0.25, 0.3) is 0 Å². The molecular formula is C13H12FN3O. The van der Waals surface area contributed by atoms with E-state index in [9.17, 15) is 9.18 Å². The van der Waals surface area contributed by atoms with Gasteiger partial charge in [0.25, 0.3) is 5.91 Å². The monoisotopic (exact) mass is 245 g/mol. The van der Waals surface area contributed by atoms with Gasteiger partial charge in [-0.2, -0.15) is 0 Å². The molecule has 0 aliphatic rings. The Morgan fingerprint density at radius 1 is 1.33 bits per heavy atom. The highest BCUT2D eigenvalue weighted by Gasteiger charge is 2.10. The molecule has 1 aromatic carbocycles. The van der Waals surface area contributed by atoms with E-state index in [1.807, 2.05) is 0 Å². The van der Waals surface area contributed by atoms with Crippen molar-refractivity contribution in [1.82, 2.24) is 4.98 Å². The standard InChI is InChI=1S/C13H12FN3O/c1-8-2-3-11(10(14)6-8)17-13(18)12-7-9(15)4-5-16-12/h2-7H,1H3,(H2,15,16)(H,17,18). The van der Waals surface area contributed by atoms with Gasteiger partial charge >= 0.3 is 0 Å². The largest absolute Gasteiger partial charge is 0.399 e. The number of nitrogens with one attached hydrogen (secondary N) is 1. The summed E-state index contributed by atoms with van der Waals surface area (Å²) in [6.45, 7) is 1.77. The van der Waals surface area contributed by atoms with Gasteiger partial charge in [-0.25, -0.2) is 4.39 Å². The number of pyridine rings is 1. The van der Waals surface area contributed by atoms with E-state index in [1.54, 1.807) is 19.1 Å². The van der Waals surface area contributed by atoms with E-state index in [1.165, 1.54) is 24.4 Å². The minimum absolute atomic E-state index is 0.120. The predicted octanol–water partition coefficient (Wildman–Crippen LogP) is 2.36. The SMILES string of the molecule is Cc1ccc(NC(=O)c2cc(N)ccn2)c(F)c1. The molecule has 0 saturated heterocycles. The van der Waals surface area contributed by atoms with Crippen LogP contribution < -0.4 is 11.1 Å². The number of nitrogen functional groups attached to an aromatic ring is 1. The summed E-state index contributed by atoms with van der Waals surface area (Å²) >= 11 is 0. The van der Waals surface area contributed by atoms with Crippen molar-refractivity contribution < 1.29 is 9.18 Å². The lowest BCUT2D eigenvalue weighted by molar-refractivity contribution is 0.102. The molecule has 0 atom stereocenters. The number of rotatable bonds is 2. The number of amides is 1. The Labute approximate surface area is 104 Å². The maximum Gasteiger partial charge on any atom is 0.274 e. The summed E-state index contributed by atoms with van der Waals surface area (Å²) in [5.74, 6) is -0.975. The number of carbonyl (C=O) groups is 1. The van der Waals surface area contributed by atoms with E-state index in [0.29, 0.717) is 5.69 Å². The molecule has 4 nitrogen and oxygen atoms in total. The summed E-state index contributed by atoms with van der Waals surface area (Å²) in [5, 5.41) is 2.45. The lowest BCUT2D eigenvalue weighted by Gasteiger charge is -2.06. The number of nitrogens with two attached hydrogens (primary N) is 1. The van der Waals surface area contributed by atoms with Gasteiger partial charge < -0.3 is 11.1 Å². The van der Waals surface area contributed by atoms with Gasteiger partial charge in [0, 0.05) is 11.9 Å². The molecular weight excluding hydrogens is 233 g/mol. The number of anilines is 2. The first-order valence-electron chi connectivity index (χ1n) is 5.35. The summed E-state index contributed by atoms with van der Waals surface area (Å²) in [6, 6.07) is 7.58. The van der Waals surface area contributed by atoms with Gasteiger partial charge in [0.15, 0.2) is 0 Å². The number of aryl methyl sites for hydroxylation is 1. The molecule has 1 amide bonds. The molecule has 0 saturated carbocycles. The Hall–Kier alpha value is -2.43. The van der Waals surface area contributed by atoms with Crippen LogP contribution >= 0.6 is 0 Å². The van der Waals surface area contributed by atoms with Gasteiger partial charge in [-0.3, -0.25) is 9.78 Å². The number of hydrogen-bond donors (Lipinski definition) is 2. The second kappa shape index (κ2) is 4.83. The molecule has 0 aliphatic carbocycles. The van der Waals surface area contributed by atoms with Crippen LogP contribution in [0.4, 0.5) is 15.8 Å². The molecule has 92 valence electrons. The highest BCUT2D eigenvalue weighted by molar-refractivity contribution is 6.03. The van der Waals surface area contributed by atoms with E-state index in [0.717, 1.165) is 5.56 Å². The Morgan fingerprint density at radius 2 is 2.11 bits per heavy atom. The van der Waals surface area contributed by atoms with Crippen molar-refractivity contribution >= 4 is 17.3 Å². The third-order valence-corrected chi connectivity index (χ3v) is 2.39. The number of nitrogens with zero attached hydrogens (tertiary/aromatic N) is 1. The third kappa shape index (κ3) is 2.63. The Morgan fingerprint density at radius 3 is 2.78 bits per heavy atom. The van der Waals surface area contributed by atoms with Crippen molar-refractivity contribution in [3.8, 4) is 0 Å². The topological polar surface area (TPSA) is 68.0 Å². The van der Waals surface area contributed by atoms with Crippen molar-refractivity contribution in [3.63, 3.8) is 0 Å². The predicted molar refractivity (Wildman–Crippen MR) is 67.7 cm³/mol. The summed E-state index contributed by atoms with van der Waals surface area (Å²) < 4.78 is 13.5. The number of aromatic nitrogens is 1. The number of hydrogen-bond acceptors (Lipinski definition) is 3. The summed E-state index contributed by atoms with van der Waals surface area (Å²) in [5.41, 5.74) is 7.03. The summed E-state index contributed by atoms with van der Waals surface area (Å²) in [6.07, 6.45) is 1.43. The first-order chi connectivity index (χ1) is 8.56. The second-order valence-corrected chi connectivity index (χ2v) is 3.91. The minimum atomic E-state index is -0.495. The Bertz CT molecular complexity index is 599. The van der Waals surface area contributed by atoms with Crippen molar-refractivity contribution in [2.45, 2.75) is 6.92 Å². The van der Waals surface area contributed by atoms with Crippen LogP contribution in [0, 0.1) is 12.7 Å². The fourth-order valence-electron chi connectivity index (χ4n) is 1.48. The summed E-state index contributed by atoms with van der Waals surface area (Å²) in [7, 11) is 0. The van der Waals surface area contributed by atoms with Crippen LogP contribution in [0.1, 0.15) is 16.1 Å². The fourth-order valence-corrected chi connectivity index (χ4v) is 1.48. The number of halogens is 1.